The van der Waals surface area contributed by atoms with Crippen LogP contribution in [0.25, 0.3) is 0 Å². The molecule has 7 heteroatoms. The zero-order valence-electron chi connectivity index (χ0n) is 13.7. The number of nitrogens with one attached hydrogen (secondary N) is 2. The molecule has 0 radical (unpaired) electrons. The number of ether oxygens (including phenoxy) is 1. The summed E-state index contributed by atoms with van der Waals surface area (Å²) in [5, 5.41) is 10.5. The number of carbonyl (C=O) groups excluding carboxylic acids is 1. The normalized spacial score (nSPS) is 27.3. The molecule has 4 rings (SSSR count). The van der Waals surface area contributed by atoms with Gasteiger partial charge in [-0.1, -0.05) is 12.8 Å². The molecule has 2 atom stereocenters. The van der Waals surface area contributed by atoms with Crippen molar-refractivity contribution in [3.8, 4) is 0 Å². The van der Waals surface area contributed by atoms with Gasteiger partial charge in [0, 0.05) is 18.0 Å². The maximum atomic E-state index is 12.2. The van der Waals surface area contributed by atoms with E-state index < -0.39 is 0 Å². The van der Waals surface area contributed by atoms with Crippen molar-refractivity contribution in [2.45, 2.75) is 62.6 Å². The third-order valence-corrected chi connectivity index (χ3v) is 5.21. The minimum atomic E-state index is -0.245. The van der Waals surface area contributed by atoms with E-state index in [1.165, 1.54) is 17.5 Å². The van der Waals surface area contributed by atoms with Gasteiger partial charge in [0.15, 0.2) is 0 Å². The van der Waals surface area contributed by atoms with Gasteiger partial charge in [-0.25, -0.2) is 9.48 Å². The first-order valence-electron chi connectivity index (χ1n) is 8.95. The van der Waals surface area contributed by atoms with E-state index in [0.29, 0.717) is 19.1 Å². The van der Waals surface area contributed by atoms with Crippen molar-refractivity contribution >= 4 is 6.03 Å². The van der Waals surface area contributed by atoms with Gasteiger partial charge < -0.3 is 15.4 Å². The number of carbonyl (C=O) groups is 1. The first-order chi connectivity index (χ1) is 11.7. The lowest BCUT2D eigenvalue weighted by Gasteiger charge is -2.22. The molecule has 2 saturated carbocycles. The molecule has 3 aliphatic rings. The van der Waals surface area contributed by atoms with Crippen molar-refractivity contribution in [2.75, 3.05) is 13.2 Å². The highest BCUT2D eigenvalue weighted by molar-refractivity contribution is 5.74. The Labute approximate surface area is 140 Å². The van der Waals surface area contributed by atoms with Gasteiger partial charge in [-0.15, -0.1) is 0 Å². The quantitative estimate of drug-likeness (QED) is 0.870. The van der Waals surface area contributed by atoms with Crippen molar-refractivity contribution in [3.63, 3.8) is 0 Å². The molecule has 130 valence electrons. The number of aromatic nitrogens is 2. The van der Waals surface area contributed by atoms with E-state index in [2.05, 4.69) is 15.7 Å². The van der Waals surface area contributed by atoms with E-state index in [9.17, 15) is 9.59 Å². The lowest BCUT2D eigenvalue weighted by atomic mass is 10.1. The van der Waals surface area contributed by atoms with Crippen molar-refractivity contribution < 1.29 is 9.53 Å². The minimum Gasteiger partial charge on any atom is -0.377 e. The van der Waals surface area contributed by atoms with Crippen LogP contribution in [0, 0.1) is 0 Å². The third-order valence-electron chi connectivity index (χ3n) is 5.21. The van der Waals surface area contributed by atoms with E-state index in [1.54, 1.807) is 6.07 Å². The minimum absolute atomic E-state index is 0.141. The second-order valence-electron chi connectivity index (χ2n) is 7.13. The molecule has 2 amide bonds. The molecule has 0 aromatic carbocycles. The van der Waals surface area contributed by atoms with Crippen LogP contribution < -0.4 is 16.2 Å². The maximum absolute atomic E-state index is 12.2. The van der Waals surface area contributed by atoms with E-state index in [-0.39, 0.29) is 29.7 Å². The summed E-state index contributed by atoms with van der Waals surface area (Å²) in [7, 11) is 0. The highest BCUT2D eigenvalue weighted by Crippen LogP contribution is 2.38. The van der Waals surface area contributed by atoms with Gasteiger partial charge in [0.25, 0.3) is 5.56 Å². The Bertz CT molecular complexity index is 664. The lowest BCUT2D eigenvalue weighted by Crippen LogP contribution is -2.49. The number of nitrogens with zero attached hydrogens (tertiary/aromatic N) is 2. The first kappa shape index (κ1) is 15.6. The molecule has 2 unspecified atom stereocenters. The van der Waals surface area contributed by atoms with Gasteiger partial charge in [-0.2, -0.15) is 5.10 Å². The second-order valence-corrected chi connectivity index (χ2v) is 7.13. The van der Waals surface area contributed by atoms with Crippen LogP contribution in [0.5, 0.6) is 0 Å². The van der Waals surface area contributed by atoms with Gasteiger partial charge in [0.05, 0.1) is 24.9 Å². The summed E-state index contributed by atoms with van der Waals surface area (Å²) < 4.78 is 7.02. The van der Waals surface area contributed by atoms with E-state index in [0.717, 1.165) is 31.4 Å². The topological polar surface area (TPSA) is 85.2 Å². The summed E-state index contributed by atoms with van der Waals surface area (Å²) in [6.07, 6.45) is 6.71. The van der Waals surface area contributed by atoms with Gasteiger partial charge >= 0.3 is 6.03 Å². The summed E-state index contributed by atoms with van der Waals surface area (Å²) in [4.78, 5) is 24.4. The van der Waals surface area contributed by atoms with Gasteiger partial charge in [0.1, 0.15) is 6.04 Å². The Balaban J connectivity index is 1.45. The number of rotatable bonds is 4. The molecule has 0 bridgehead atoms. The smallest absolute Gasteiger partial charge is 0.315 e. The van der Waals surface area contributed by atoms with Crippen LogP contribution in [0.3, 0.4) is 0 Å². The molecule has 1 saturated heterocycles. The summed E-state index contributed by atoms with van der Waals surface area (Å²) in [6.45, 7) is 0.805. The van der Waals surface area contributed by atoms with E-state index >= 15 is 0 Å². The Hall–Kier alpha value is -1.89. The Morgan fingerprint density at radius 2 is 1.92 bits per heavy atom. The molecule has 3 fully saturated rings. The Kier molecular flexibility index (Phi) is 4.26. The number of hydrogen-bond donors (Lipinski definition) is 2. The Morgan fingerprint density at radius 3 is 2.67 bits per heavy atom. The maximum Gasteiger partial charge on any atom is 0.315 e. The van der Waals surface area contributed by atoms with Crippen molar-refractivity contribution in [1.29, 1.82) is 0 Å². The van der Waals surface area contributed by atoms with Crippen LogP contribution in [0.2, 0.25) is 0 Å². The highest BCUT2D eigenvalue weighted by atomic mass is 16.5. The van der Waals surface area contributed by atoms with Crippen molar-refractivity contribution in [1.82, 2.24) is 20.4 Å². The molecule has 1 aromatic rings. The molecular formula is C17H24N4O3. The molecule has 7 nitrogen and oxygen atoms in total. The molecule has 1 aromatic heterocycles. The largest absolute Gasteiger partial charge is 0.377 e. The van der Waals surface area contributed by atoms with Gasteiger partial charge in [0.2, 0.25) is 0 Å². The fraction of sp³-hybridized carbons (Fsp3) is 0.706. The first-order valence-corrected chi connectivity index (χ1v) is 8.95. The molecule has 1 aliphatic heterocycles. The zero-order chi connectivity index (χ0) is 16.5. The van der Waals surface area contributed by atoms with Gasteiger partial charge in [-0.05, 0) is 31.7 Å². The average molecular weight is 332 g/mol. The molecule has 2 heterocycles. The summed E-state index contributed by atoms with van der Waals surface area (Å²) in [5.74, 6) is 0.483. The average Bonchev–Trinajstić information content (AvgIpc) is 3.11. The lowest BCUT2D eigenvalue weighted by molar-refractivity contribution is 0.180. The van der Waals surface area contributed by atoms with Crippen LogP contribution in [-0.2, 0) is 4.74 Å². The number of hydrogen-bond acceptors (Lipinski definition) is 4. The fourth-order valence-electron chi connectivity index (χ4n) is 3.66. The monoisotopic (exact) mass is 332 g/mol. The standard InChI is InChI=1S/C17H24N4O3/c22-16-8-7-13(11-5-6-11)20-21(16)15-10-24-9-14(15)19-17(23)18-12-3-1-2-4-12/h7-8,11-12,14-15H,1-6,9-10H2,(H2,18,19,23). The van der Waals surface area contributed by atoms with Crippen LogP contribution >= 0.6 is 0 Å². The summed E-state index contributed by atoms with van der Waals surface area (Å²) in [6, 6.07) is 3.02. The Morgan fingerprint density at radius 1 is 1.12 bits per heavy atom. The van der Waals surface area contributed by atoms with Crippen LogP contribution in [0.4, 0.5) is 4.79 Å². The summed E-state index contributed by atoms with van der Waals surface area (Å²) >= 11 is 0. The molecular weight excluding hydrogens is 308 g/mol. The van der Waals surface area contributed by atoms with Crippen LogP contribution in [-0.4, -0.2) is 41.1 Å². The molecule has 2 aliphatic carbocycles. The van der Waals surface area contributed by atoms with Crippen molar-refractivity contribution in [2.24, 2.45) is 0 Å². The number of urea groups is 1. The van der Waals surface area contributed by atoms with E-state index in [1.807, 2.05) is 6.07 Å². The van der Waals surface area contributed by atoms with Crippen LogP contribution in [0.15, 0.2) is 16.9 Å². The van der Waals surface area contributed by atoms with Gasteiger partial charge in [-0.3, -0.25) is 4.79 Å². The fourth-order valence-corrected chi connectivity index (χ4v) is 3.66. The zero-order valence-corrected chi connectivity index (χ0v) is 13.7. The predicted octanol–water partition coefficient (Wildman–Crippen LogP) is 1.30. The van der Waals surface area contributed by atoms with Crippen LogP contribution in [0.1, 0.15) is 56.2 Å². The third kappa shape index (κ3) is 3.31. The predicted molar refractivity (Wildman–Crippen MR) is 88.0 cm³/mol. The molecule has 24 heavy (non-hydrogen) atoms. The second kappa shape index (κ2) is 6.55. The molecule has 2 N–H and O–H groups in total. The molecule has 0 spiro atoms. The summed E-state index contributed by atoms with van der Waals surface area (Å²) in [5.41, 5.74) is 0.827. The highest BCUT2D eigenvalue weighted by Gasteiger charge is 2.34. The SMILES string of the molecule is O=C(NC1CCCC1)NC1COCC1n1nc(C2CC2)ccc1=O. The number of amides is 2. The van der Waals surface area contributed by atoms with E-state index in [4.69, 9.17) is 4.74 Å². The van der Waals surface area contributed by atoms with Crippen molar-refractivity contribution in [3.05, 3.63) is 28.2 Å².